The van der Waals surface area contributed by atoms with Crippen molar-refractivity contribution in [1.82, 2.24) is 0 Å². The molecule has 106 valence electrons. The first-order valence-corrected chi connectivity index (χ1v) is 7.77. The molecule has 1 amide bonds. The topological polar surface area (TPSA) is 62.1 Å². The highest BCUT2D eigenvalue weighted by atomic mass is 127. The Labute approximate surface area is 144 Å². The van der Waals surface area contributed by atoms with E-state index in [1.165, 1.54) is 7.11 Å². The number of anilines is 1. The lowest BCUT2D eigenvalue weighted by Crippen LogP contribution is -2.14. The highest BCUT2D eigenvalue weighted by Crippen LogP contribution is 2.27. The first kappa shape index (κ1) is 15.8. The van der Waals surface area contributed by atoms with E-state index in [-0.39, 0.29) is 5.91 Å². The van der Waals surface area contributed by atoms with Gasteiger partial charge in [0.25, 0.3) is 5.91 Å². The van der Waals surface area contributed by atoms with Crippen molar-refractivity contribution in [2.45, 2.75) is 0 Å². The molecule has 0 saturated carbocycles. The Hall–Kier alpha value is -1.59. The highest BCUT2D eigenvalue weighted by Gasteiger charge is 2.13. The maximum atomic E-state index is 12.4. The largest absolute Gasteiger partial charge is 0.495 e. The average Bonchev–Trinajstić information content (AvgIpc) is 2.49. The Morgan fingerprint density at radius 3 is 2.76 bits per heavy atom. The number of hydrogen-bond donors (Lipinski definition) is 1. The van der Waals surface area contributed by atoms with E-state index in [1.54, 1.807) is 24.3 Å². The SMILES string of the molecule is COc1cc(C#N)ccc1NC(=O)c1cc(Br)ccc1I. The Morgan fingerprint density at radius 1 is 1.33 bits per heavy atom. The van der Waals surface area contributed by atoms with Gasteiger partial charge in [-0.2, -0.15) is 5.26 Å². The molecule has 2 aromatic carbocycles. The van der Waals surface area contributed by atoms with Gasteiger partial charge in [0.2, 0.25) is 0 Å². The summed E-state index contributed by atoms with van der Waals surface area (Å²) in [7, 11) is 1.50. The second kappa shape index (κ2) is 6.91. The number of amides is 1. The number of rotatable bonds is 3. The molecule has 0 fully saturated rings. The van der Waals surface area contributed by atoms with Crippen molar-refractivity contribution in [3.05, 3.63) is 55.6 Å². The quantitative estimate of drug-likeness (QED) is 0.704. The van der Waals surface area contributed by atoms with Crippen LogP contribution in [0.1, 0.15) is 15.9 Å². The van der Waals surface area contributed by atoms with Crippen molar-refractivity contribution < 1.29 is 9.53 Å². The maximum Gasteiger partial charge on any atom is 0.256 e. The molecule has 0 spiro atoms. The van der Waals surface area contributed by atoms with Crippen LogP contribution in [0.2, 0.25) is 0 Å². The summed E-state index contributed by atoms with van der Waals surface area (Å²) < 4.78 is 6.88. The summed E-state index contributed by atoms with van der Waals surface area (Å²) in [5.41, 5.74) is 1.57. The number of carbonyl (C=O) groups excluding carboxylic acids is 1. The number of halogens is 2. The first-order valence-electron chi connectivity index (χ1n) is 5.89. The van der Waals surface area contributed by atoms with E-state index >= 15 is 0 Å². The van der Waals surface area contributed by atoms with E-state index in [0.717, 1.165) is 8.04 Å². The molecule has 6 heteroatoms. The number of methoxy groups -OCH3 is 1. The summed E-state index contributed by atoms with van der Waals surface area (Å²) in [6, 6.07) is 12.4. The summed E-state index contributed by atoms with van der Waals surface area (Å²) in [4.78, 5) is 12.4. The number of ether oxygens (including phenoxy) is 1. The van der Waals surface area contributed by atoms with Gasteiger partial charge >= 0.3 is 0 Å². The minimum Gasteiger partial charge on any atom is -0.495 e. The molecule has 0 heterocycles. The normalized spacial score (nSPS) is 9.81. The predicted molar refractivity (Wildman–Crippen MR) is 92.5 cm³/mol. The molecule has 0 aliphatic rings. The van der Waals surface area contributed by atoms with Crippen LogP contribution in [0.5, 0.6) is 5.75 Å². The monoisotopic (exact) mass is 456 g/mol. The fraction of sp³-hybridized carbons (Fsp3) is 0.0667. The third kappa shape index (κ3) is 3.74. The lowest BCUT2D eigenvalue weighted by atomic mass is 10.1. The van der Waals surface area contributed by atoms with Crippen molar-refractivity contribution in [1.29, 1.82) is 5.26 Å². The Bertz CT molecular complexity index is 741. The minimum absolute atomic E-state index is 0.233. The molecular formula is C15H10BrIN2O2. The van der Waals surface area contributed by atoms with Crippen LogP contribution in [0.4, 0.5) is 5.69 Å². The van der Waals surface area contributed by atoms with Crippen molar-refractivity contribution in [2.24, 2.45) is 0 Å². The molecule has 0 radical (unpaired) electrons. The van der Waals surface area contributed by atoms with Crippen molar-refractivity contribution in [2.75, 3.05) is 12.4 Å². The van der Waals surface area contributed by atoms with E-state index in [2.05, 4.69) is 43.8 Å². The third-order valence-electron chi connectivity index (χ3n) is 2.75. The Morgan fingerprint density at radius 2 is 2.10 bits per heavy atom. The van der Waals surface area contributed by atoms with Crippen LogP contribution in [0.25, 0.3) is 0 Å². The van der Waals surface area contributed by atoms with E-state index in [4.69, 9.17) is 10.00 Å². The lowest BCUT2D eigenvalue weighted by Gasteiger charge is -2.11. The van der Waals surface area contributed by atoms with Gasteiger partial charge in [0.05, 0.1) is 30.0 Å². The molecule has 0 saturated heterocycles. The van der Waals surface area contributed by atoms with Crippen LogP contribution in [0.3, 0.4) is 0 Å². The van der Waals surface area contributed by atoms with Gasteiger partial charge in [0.1, 0.15) is 5.75 Å². The van der Waals surface area contributed by atoms with Gasteiger partial charge in [-0.05, 0) is 52.9 Å². The third-order valence-corrected chi connectivity index (χ3v) is 4.19. The summed E-state index contributed by atoms with van der Waals surface area (Å²) in [6.07, 6.45) is 0. The van der Waals surface area contributed by atoms with Crippen LogP contribution in [0, 0.1) is 14.9 Å². The molecule has 0 unspecified atom stereocenters. The summed E-state index contributed by atoms with van der Waals surface area (Å²) in [5.74, 6) is 0.219. The van der Waals surface area contributed by atoms with E-state index in [9.17, 15) is 4.79 Å². The smallest absolute Gasteiger partial charge is 0.256 e. The van der Waals surface area contributed by atoms with Gasteiger partial charge < -0.3 is 10.1 Å². The number of carbonyl (C=O) groups is 1. The second-order valence-corrected chi connectivity index (χ2v) is 6.18. The van der Waals surface area contributed by atoms with Crippen LogP contribution in [-0.2, 0) is 0 Å². The highest BCUT2D eigenvalue weighted by molar-refractivity contribution is 14.1. The van der Waals surface area contributed by atoms with Gasteiger partial charge in [0.15, 0.2) is 0 Å². The number of nitrogens with zero attached hydrogens (tertiary/aromatic N) is 1. The average molecular weight is 457 g/mol. The number of hydrogen-bond acceptors (Lipinski definition) is 3. The lowest BCUT2D eigenvalue weighted by molar-refractivity contribution is 0.102. The Balaban J connectivity index is 2.32. The molecule has 0 bridgehead atoms. The molecule has 21 heavy (non-hydrogen) atoms. The molecule has 0 aliphatic carbocycles. The van der Waals surface area contributed by atoms with Crippen LogP contribution < -0.4 is 10.1 Å². The molecule has 4 nitrogen and oxygen atoms in total. The fourth-order valence-corrected chi connectivity index (χ4v) is 2.67. The Kier molecular flexibility index (Phi) is 5.20. The minimum atomic E-state index is -0.233. The van der Waals surface area contributed by atoms with Crippen LogP contribution in [-0.4, -0.2) is 13.0 Å². The molecule has 0 atom stereocenters. The van der Waals surface area contributed by atoms with Gasteiger partial charge in [-0.25, -0.2) is 0 Å². The maximum absolute atomic E-state index is 12.4. The van der Waals surface area contributed by atoms with Crippen LogP contribution in [0.15, 0.2) is 40.9 Å². The standard InChI is InChI=1S/C15H10BrIN2O2/c1-21-14-6-9(8-18)2-5-13(14)19-15(20)11-7-10(16)3-4-12(11)17/h2-7H,1H3,(H,19,20). The zero-order valence-corrected chi connectivity index (χ0v) is 14.7. The zero-order chi connectivity index (χ0) is 15.4. The summed E-state index contributed by atoms with van der Waals surface area (Å²) in [6.45, 7) is 0. The number of nitriles is 1. The summed E-state index contributed by atoms with van der Waals surface area (Å²) >= 11 is 5.46. The number of nitrogens with one attached hydrogen (secondary N) is 1. The van der Waals surface area contributed by atoms with Gasteiger partial charge in [-0.15, -0.1) is 0 Å². The van der Waals surface area contributed by atoms with Gasteiger partial charge in [-0.3, -0.25) is 4.79 Å². The molecule has 2 rings (SSSR count). The molecule has 2 aromatic rings. The van der Waals surface area contributed by atoms with E-state index < -0.39 is 0 Å². The predicted octanol–water partition coefficient (Wildman–Crippen LogP) is 4.19. The summed E-state index contributed by atoms with van der Waals surface area (Å²) in [5, 5.41) is 11.7. The van der Waals surface area contributed by atoms with Crippen molar-refractivity contribution in [3.63, 3.8) is 0 Å². The zero-order valence-electron chi connectivity index (χ0n) is 11.0. The number of benzene rings is 2. The van der Waals surface area contributed by atoms with Gasteiger partial charge in [0, 0.05) is 14.1 Å². The molecule has 0 aliphatic heterocycles. The van der Waals surface area contributed by atoms with E-state index in [1.807, 2.05) is 18.2 Å². The second-order valence-electron chi connectivity index (χ2n) is 4.11. The van der Waals surface area contributed by atoms with E-state index in [0.29, 0.717) is 22.6 Å². The molecule has 0 aromatic heterocycles. The molecule has 1 N–H and O–H groups in total. The fourth-order valence-electron chi connectivity index (χ4n) is 1.73. The van der Waals surface area contributed by atoms with Crippen LogP contribution >= 0.6 is 38.5 Å². The van der Waals surface area contributed by atoms with Crippen molar-refractivity contribution in [3.8, 4) is 11.8 Å². The first-order chi connectivity index (χ1) is 10.0. The molecular weight excluding hydrogens is 447 g/mol. The van der Waals surface area contributed by atoms with Crippen molar-refractivity contribution >= 4 is 50.1 Å². The van der Waals surface area contributed by atoms with Gasteiger partial charge in [-0.1, -0.05) is 15.9 Å².